The van der Waals surface area contributed by atoms with E-state index < -0.39 is 16.6 Å². The van der Waals surface area contributed by atoms with Gasteiger partial charge < -0.3 is 4.52 Å². The van der Waals surface area contributed by atoms with E-state index in [9.17, 15) is 13.4 Å². The lowest BCUT2D eigenvalue weighted by Crippen LogP contribution is -2.08. The van der Waals surface area contributed by atoms with Crippen LogP contribution in [0.4, 0.5) is 4.39 Å². The monoisotopic (exact) mass is 307 g/mol. The molecule has 3 rings (SSSR count). The largest absolute Gasteiger partial charge is 0.360 e. The maximum atomic E-state index is 13.4. The molecule has 0 aliphatic heterocycles. The Morgan fingerprint density at radius 1 is 1.43 bits per heavy atom. The highest BCUT2D eigenvalue weighted by atomic mass is 32.2. The summed E-state index contributed by atoms with van der Waals surface area (Å²) in [5.41, 5.74) is 1.23. The molecule has 0 bridgehead atoms. The first kappa shape index (κ1) is 14.1. The second-order valence-electron chi connectivity index (χ2n) is 5.23. The number of rotatable bonds is 5. The van der Waals surface area contributed by atoms with Crippen LogP contribution in [0.25, 0.3) is 0 Å². The van der Waals surface area contributed by atoms with E-state index >= 15 is 0 Å². The van der Waals surface area contributed by atoms with Gasteiger partial charge in [0.05, 0.1) is 11.8 Å². The molecule has 4 nitrogen and oxygen atoms in total. The Morgan fingerprint density at radius 3 is 2.86 bits per heavy atom. The van der Waals surface area contributed by atoms with Gasteiger partial charge in [-0.2, -0.15) is 0 Å². The summed E-state index contributed by atoms with van der Waals surface area (Å²) >= 11 is 0. The standard InChI is InChI=1S/C15H14FNO3S/c1-21(19)8-10-6-11(16)4-5-12(10)14(18)13-7-17-20-15(13)9-2-3-9/h4-7,9H,2-3,8H2,1H3. The van der Waals surface area contributed by atoms with Gasteiger partial charge in [-0.1, -0.05) is 5.16 Å². The molecule has 1 fully saturated rings. The van der Waals surface area contributed by atoms with Crippen molar-refractivity contribution in [3.63, 3.8) is 0 Å². The molecule has 6 heteroatoms. The quantitative estimate of drug-likeness (QED) is 0.797. The molecule has 1 aliphatic carbocycles. The SMILES string of the molecule is CS(=O)Cc1cc(F)ccc1C(=O)c1cnoc1C1CC1. The summed E-state index contributed by atoms with van der Waals surface area (Å²) in [6, 6.07) is 3.93. The average molecular weight is 307 g/mol. The van der Waals surface area contributed by atoms with Gasteiger partial charge >= 0.3 is 0 Å². The van der Waals surface area contributed by atoms with E-state index in [2.05, 4.69) is 5.16 Å². The van der Waals surface area contributed by atoms with Crippen LogP contribution in [-0.2, 0) is 16.6 Å². The maximum Gasteiger partial charge on any atom is 0.198 e. The normalized spacial score (nSPS) is 15.9. The molecule has 1 aliphatic rings. The lowest BCUT2D eigenvalue weighted by Gasteiger charge is -2.07. The van der Waals surface area contributed by atoms with Crippen LogP contribution < -0.4 is 0 Å². The van der Waals surface area contributed by atoms with Crippen LogP contribution >= 0.6 is 0 Å². The topological polar surface area (TPSA) is 60.2 Å². The van der Waals surface area contributed by atoms with Crippen molar-refractivity contribution in [2.75, 3.05) is 6.26 Å². The number of hydrogen-bond acceptors (Lipinski definition) is 4. The molecule has 0 radical (unpaired) electrons. The van der Waals surface area contributed by atoms with Crippen LogP contribution in [0.2, 0.25) is 0 Å². The molecule has 1 saturated carbocycles. The van der Waals surface area contributed by atoms with Crippen molar-refractivity contribution < 1.29 is 17.9 Å². The van der Waals surface area contributed by atoms with Crippen LogP contribution in [0.3, 0.4) is 0 Å². The molecule has 2 aromatic rings. The molecule has 1 heterocycles. The van der Waals surface area contributed by atoms with E-state index in [1.54, 1.807) is 0 Å². The Labute approximate surface area is 123 Å². The molecule has 0 amide bonds. The van der Waals surface area contributed by atoms with E-state index in [1.165, 1.54) is 30.7 Å². The highest BCUT2D eigenvalue weighted by Crippen LogP contribution is 2.42. The molecule has 1 aromatic heterocycles. The predicted molar refractivity (Wildman–Crippen MR) is 76.1 cm³/mol. The highest BCUT2D eigenvalue weighted by Gasteiger charge is 2.33. The Bertz CT molecular complexity index is 721. The Kier molecular flexibility index (Phi) is 3.71. The first-order chi connectivity index (χ1) is 10.1. The second kappa shape index (κ2) is 5.52. The fourth-order valence-electron chi connectivity index (χ4n) is 2.33. The van der Waals surface area contributed by atoms with Gasteiger partial charge in [0.25, 0.3) is 0 Å². The summed E-state index contributed by atoms with van der Waals surface area (Å²) in [5.74, 6) is 0.310. The summed E-state index contributed by atoms with van der Waals surface area (Å²) in [6.07, 6.45) is 4.91. The van der Waals surface area contributed by atoms with Crippen LogP contribution in [0.1, 0.15) is 46.0 Å². The molecular formula is C15H14FNO3S. The van der Waals surface area contributed by atoms with Gasteiger partial charge in [0.15, 0.2) is 11.5 Å². The first-order valence-electron chi connectivity index (χ1n) is 6.64. The summed E-state index contributed by atoms with van der Waals surface area (Å²) in [7, 11) is -1.16. The van der Waals surface area contributed by atoms with Gasteiger partial charge in [-0.15, -0.1) is 0 Å². The lowest BCUT2D eigenvalue weighted by molar-refractivity contribution is 0.103. The smallest absolute Gasteiger partial charge is 0.198 e. The van der Waals surface area contributed by atoms with Gasteiger partial charge in [-0.25, -0.2) is 4.39 Å². The molecular weight excluding hydrogens is 293 g/mol. The number of nitrogens with zero attached hydrogens (tertiary/aromatic N) is 1. The van der Waals surface area contributed by atoms with Gasteiger partial charge in [-0.05, 0) is 36.6 Å². The number of carbonyl (C=O) groups excluding carboxylic acids is 1. The minimum atomic E-state index is -1.16. The molecule has 1 unspecified atom stereocenters. The fraction of sp³-hybridized carbons (Fsp3) is 0.333. The lowest BCUT2D eigenvalue weighted by atomic mass is 9.98. The fourth-order valence-corrected chi connectivity index (χ4v) is 3.00. The van der Waals surface area contributed by atoms with Crippen molar-refractivity contribution in [1.29, 1.82) is 0 Å². The van der Waals surface area contributed by atoms with E-state index in [-0.39, 0.29) is 17.5 Å². The number of benzene rings is 1. The van der Waals surface area contributed by atoms with Crippen LogP contribution in [0.15, 0.2) is 28.9 Å². The van der Waals surface area contributed by atoms with E-state index in [0.717, 1.165) is 12.8 Å². The maximum absolute atomic E-state index is 13.4. The summed E-state index contributed by atoms with van der Waals surface area (Å²) in [5, 5.41) is 3.71. The van der Waals surface area contributed by atoms with Crippen molar-refractivity contribution in [2.45, 2.75) is 24.5 Å². The zero-order valence-electron chi connectivity index (χ0n) is 11.5. The zero-order chi connectivity index (χ0) is 15.0. The van der Waals surface area contributed by atoms with E-state index in [1.807, 2.05) is 0 Å². The molecule has 1 aromatic carbocycles. The first-order valence-corrected chi connectivity index (χ1v) is 8.36. The number of hydrogen-bond donors (Lipinski definition) is 0. The van der Waals surface area contributed by atoms with Crippen LogP contribution in [0.5, 0.6) is 0 Å². The Hall–Kier alpha value is -1.82. The minimum Gasteiger partial charge on any atom is -0.360 e. The highest BCUT2D eigenvalue weighted by molar-refractivity contribution is 7.83. The van der Waals surface area contributed by atoms with Crippen LogP contribution in [0, 0.1) is 5.82 Å². The molecule has 0 N–H and O–H groups in total. The minimum absolute atomic E-state index is 0.142. The van der Waals surface area contributed by atoms with Crippen LogP contribution in [-0.4, -0.2) is 21.4 Å². The van der Waals surface area contributed by atoms with Crippen molar-refractivity contribution in [1.82, 2.24) is 5.16 Å². The Morgan fingerprint density at radius 2 is 2.19 bits per heavy atom. The van der Waals surface area contributed by atoms with Crippen molar-refractivity contribution in [3.8, 4) is 0 Å². The molecule has 1 atom stereocenters. The molecule has 0 saturated heterocycles. The van der Waals surface area contributed by atoms with Gasteiger partial charge in [0, 0.05) is 34.3 Å². The van der Waals surface area contributed by atoms with E-state index in [0.29, 0.717) is 22.5 Å². The third-order valence-electron chi connectivity index (χ3n) is 3.46. The zero-order valence-corrected chi connectivity index (χ0v) is 12.3. The predicted octanol–water partition coefficient (Wildman–Crippen LogP) is 2.80. The van der Waals surface area contributed by atoms with E-state index in [4.69, 9.17) is 4.52 Å². The number of carbonyl (C=O) groups is 1. The summed E-state index contributed by atoms with van der Waals surface area (Å²) in [6.45, 7) is 0. The van der Waals surface area contributed by atoms with Gasteiger partial charge in [0.2, 0.25) is 0 Å². The van der Waals surface area contributed by atoms with Gasteiger partial charge in [0.1, 0.15) is 5.82 Å². The van der Waals surface area contributed by atoms with Crippen molar-refractivity contribution in [2.24, 2.45) is 0 Å². The summed E-state index contributed by atoms with van der Waals surface area (Å²) in [4.78, 5) is 12.7. The molecule has 110 valence electrons. The third kappa shape index (κ3) is 2.95. The number of halogens is 1. The average Bonchev–Trinajstić information content (AvgIpc) is 3.15. The number of aromatic nitrogens is 1. The Balaban J connectivity index is 2.00. The van der Waals surface area contributed by atoms with Crippen molar-refractivity contribution >= 4 is 16.6 Å². The molecule has 0 spiro atoms. The third-order valence-corrected chi connectivity index (χ3v) is 4.18. The molecule has 21 heavy (non-hydrogen) atoms. The van der Waals surface area contributed by atoms with Gasteiger partial charge in [-0.3, -0.25) is 9.00 Å². The second-order valence-corrected chi connectivity index (χ2v) is 6.66. The summed E-state index contributed by atoms with van der Waals surface area (Å²) < 4.78 is 30.0. The van der Waals surface area contributed by atoms with Crippen molar-refractivity contribution in [3.05, 3.63) is 52.7 Å². The number of ketones is 1.